The van der Waals surface area contributed by atoms with Crippen LogP contribution in [0.25, 0.3) is 11.4 Å². The van der Waals surface area contributed by atoms with Gasteiger partial charge in [-0.3, -0.25) is 9.59 Å². The lowest BCUT2D eigenvalue weighted by Crippen LogP contribution is -2.38. The van der Waals surface area contributed by atoms with Crippen LogP contribution in [-0.2, 0) is 27.3 Å². The van der Waals surface area contributed by atoms with Gasteiger partial charge in [-0.1, -0.05) is 96.0 Å². The zero-order valence-corrected chi connectivity index (χ0v) is 37.7. The molecule has 17 heteroatoms. The van der Waals surface area contributed by atoms with E-state index in [0.29, 0.717) is 45.4 Å². The minimum absolute atomic E-state index is 0.0196. The van der Waals surface area contributed by atoms with Crippen LogP contribution in [0.2, 0.25) is 10.0 Å². The molecule has 0 saturated carbocycles. The third kappa shape index (κ3) is 10.6. The van der Waals surface area contributed by atoms with E-state index >= 15 is 0 Å². The summed E-state index contributed by atoms with van der Waals surface area (Å²) >= 11 is 12.4. The molecule has 8 rings (SSSR count). The fraction of sp³-hybridized carbons (Fsp3) is 0.120. The van der Waals surface area contributed by atoms with Gasteiger partial charge in [-0.25, -0.2) is 27.5 Å². The summed E-state index contributed by atoms with van der Waals surface area (Å²) in [6, 6.07) is 36.9. The Morgan fingerprint density at radius 3 is 1.37 bits per heavy atom. The maximum atomic E-state index is 14.8. The molecule has 0 aliphatic rings. The third-order valence-electron chi connectivity index (χ3n) is 10.4. The van der Waals surface area contributed by atoms with Gasteiger partial charge in [0.25, 0.3) is 11.1 Å². The first-order valence-corrected chi connectivity index (χ1v) is 21.0. The van der Waals surface area contributed by atoms with Crippen molar-refractivity contribution in [2.45, 2.75) is 27.1 Å². The van der Waals surface area contributed by atoms with Crippen molar-refractivity contribution in [1.82, 2.24) is 18.3 Å². The van der Waals surface area contributed by atoms with E-state index in [-0.39, 0.29) is 51.0 Å². The summed E-state index contributed by atoms with van der Waals surface area (Å²) in [6.07, 6.45) is 0. The number of aromatic nitrogens is 4. The lowest BCUT2D eigenvalue weighted by molar-refractivity contribution is 0.286. The quantitative estimate of drug-likeness (QED) is 0.127. The molecule has 8 aromatic rings. The van der Waals surface area contributed by atoms with E-state index in [0.717, 1.165) is 22.3 Å². The summed E-state index contributed by atoms with van der Waals surface area (Å²) in [7, 11) is 2.98. The molecule has 0 amide bonds. The number of aromatic hydroxyl groups is 1. The number of rotatable bonds is 12. The number of phenolic OH excluding ortho intramolecular Hbond substituents is 1. The second kappa shape index (κ2) is 20.5. The van der Waals surface area contributed by atoms with Crippen LogP contribution in [0.5, 0.6) is 40.2 Å². The number of para-hydroxylation sites is 5. The van der Waals surface area contributed by atoms with Crippen molar-refractivity contribution in [2.24, 2.45) is 14.1 Å². The highest BCUT2D eigenvalue weighted by atomic mass is 35.5. The molecule has 6 aromatic carbocycles. The maximum absolute atomic E-state index is 14.8. The van der Waals surface area contributed by atoms with Crippen molar-refractivity contribution < 1.29 is 32.8 Å². The topological polar surface area (TPSA) is 145 Å². The van der Waals surface area contributed by atoms with Crippen LogP contribution in [0.4, 0.5) is 8.78 Å². The Morgan fingerprint density at radius 1 is 0.507 bits per heavy atom. The molecule has 0 atom stereocenters. The number of hydrogen-bond acceptors (Lipinski definition) is 9. The smallest absolute Gasteiger partial charge is 0.335 e. The summed E-state index contributed by atoms with van der Waals surface area (Å²) in [5.41, 5.74) is -0.835. The number of ether oxygens (including phenoxy) is 4. The zero-order chi connectivity index (χ0) is 47.9. The minimum Gasteiger partial charge on any atom is -0.508 e. The van der Waals surface area contributed by atoms with Crippen LogP contribution < -0.4 is 41.4 Å². The highest BCUT2D eigenvalue weighted by molar-refractivity contribution is 6.32. The van der Waals surface area contributed by atoms with Gasteiger partial charge in [0.1, 0.15) is 42.1 Å². The largest absolute Gasteiger partial charge is 0.508 e. The van der Waals surface area contributed by atoms with Crippen LogP contribution in [0.15, 0.2) is 159 Å². The van der Waals surface area contributed by atoms with Gasteiger partial charge in [0.15, 0.2) is 23.0 Å². The van der Waals surface area contributed by atoms with Crippen LogP contribution in [0.3, 0.4) is 0 Å². The summed E-state index contributed by atoms with van der Waals surface area (Å²) in [5, 5.41) is 9.87. The maximum Gasteiger partial charge on any atom is 0.335 e. The number of nitrogens with zero attached hydrogens (tertiary/aromatic N) is 4. The van der Waals surface area contributed by atoms with Crippen molar-refractivity contribution in [1.29, 1.82) is 0 Å². The summed E-state index contributed by atoms with van der Waals surface area (Å²) in [6.45, 7) is 3.61. The molecule has 0 aliphatic heterocycles. The van der Waals surface area contributed by atoms with Gasteiger partial charge in [0, 0.05) is 55.3 Å². The second-order valence-corrected chi connectivity index (χ2v) is 15.7. The molecule has 0 radical (unpaired) electrons. The predicted molar refractivity (Wildman–Crippen MR) is 250 cm³/mol. The van der Waals surface area contributed by atoms with E-state index in [2.05, 4.69) is 0 Å². The first-order valence-electron chi connectivity index (χ1n) is 20.3. The average molecular weight is 950 g/mol. The molecular weight excluding hydrogens is 909 g/mol. The number of phenols is 1. The highest BCUT2D eigenvalue weighted by Crippen LogP contribution is 2.39. The SMILES string of the molecule is Cc1cc(=O)n(-c2cc(Oc3ccccc3OCc3ccccc3)c(Cl)cc2F)c(=O)n1C.Cc1cc(=O)n(-c2cc(Oc3ccccc3OCc3ccccc3O)c(Cl)cc2F)c(=O)n1C. The van der Waals surface area contributed by atoms with Crippen LogP contribution >= 0.6 is 23.2 Å². The summed E-state index contributed by atoms with van der Waals surface area (Å²) < 4.78 is 57.0. The van der Waals surface area contributed by atoms with Crippen LogP contribution in [0.1, 0.15) is 22.5 Å². The lowest BCUT2D eigenvalue weighted by atomic mass is 10.2. The number of aryl methyl sites for hydroxylation is 2. The molecule has 2 heterocycles. The van der Waals surface area contributed by atoms with E-state index in [1.807, 2.05) is 30.3 Å². The molecule has 2 aromatic heterocycles. The number of hydrogen-bond donors (Lipinski definition) is 1. The van der Waals surface area contributed by atoms with E-state index in [4.69, 9.17) is 42.1 Å². The molecule has 13 nitrogen and oxygen atoms in total. The molecule has 0 bridgehead atoms. The van der Waals surface area contributed by atoms with E-state index in [1.165, 1.54) is 47.5 Å². The van der Waals surface area contributed by atoms with E-state index in [9.17, 15) is 33.1 Å². The predicted octanol–water partition coefficient (Wildman–Crippen LogP) is 9.72. The molecule has 342 valence electrons. The molecule has 0 spiro atoms. The number of benzene rings is 6. The number of halogens is 4. The molecule has 67 heavy (non-hydrogen) atoms. The Hall–Kier alpha value is -7.88. The first-order chi connectivity index (χ1) is 32.1. The standard InChI is InChI=1S/C25H20ClFN2O5.C25H20ClFN2O4/c1-15-11-24(31)29(25(32)28(15)2)19-13-23(17(26)12-18(19)27)34-22-10-6-5-9-21(22)33-14-16-7-3-4-8-20(16)30;1-16-12-24(30)29(25(31)28(16)2)20-14-23(18(26)13-19(20)27)33-22-11-7-6-10-21(22)32-15-17-8-4-3-5-9-17/h3-13,30H,14H2,1-2H3;3-14H,15H2,1-2H3. The van der Waals surface area contributed by atoms with Gasteiger partial charge in [-0.15, -0.1) is 0 Å². The fourth-order valence-corrected chi connectivity index (χ4v) is 6.90. The molecule has 0 unspecified atom stereocenters. The monoisotopic (exact) mass is 948 g/mol. The van der Waals surface area contributed by atoms with Crippen molar-refractivity contribution >= 4 is 23.2 Å². The Labute approximate surface area is 391 Å². The van der Waals surface area contributed by atoms with Crippen molar-refractivity contribution in [3.8, 4) is 51.6 Å². The molecule has 1 N–H and O–H groups in total. The lowest BCUT2D eigenvalue weighted by Gasteiger charge is -2.15. The van der Waals surface area contributed by atoms with Gasteiger partial charge in [0.2, 0.25) is 0 Å². The van der Waals surface area contributed by atoms with Gasteiger partial charge in [0.05, 0.1) is 21.4 Å². The van der Waals surface area contributed by atoms with Crippen molar-refractivity contribution in [3.05, 3.63) is 225 Å². The summed E-state index contributed by atoms with van der Waals surface area (Å²) in [4.78, 5) is 50.3. The minimum atomic E-state index is -0.857. The van der Waals surface area contributed by atoms with Gasteiger partial charge < -0.3 is 33.2 Å². The Bertz CT molecular complexity index is 3370. The summed E-state index contributed by atoms with van der Waals surface area (Å²) in [5.74, 6) is -0.100. The average Bonchev–Trinajstić information content (AvgIpc) is 3.30. The van der Waals surface area contributed by atoms with Crippen molar-refractivity contribution in [3.63, 3.8) is 0 Å². The molecule has 0 fully saturated rings. The highest BCUT2D eigenvalue weighted by Gasteiger charge is 2.20. The van der Waals surface area contributed by atoms with Gasteiger partial charge in [-0.2, -0.15) is 0 Å². The third-order valence-corrected chi connectivity index (χ3v) is 10.9. The van der Waals surface area contributed by atoms with Gasteiger partial charge >= 0.3 is 11.4 Å². The second-order valence-electron chi connectivity index (χ2n) is 14.9. The molecule has 0 saturated heterocycles. The normalized spacial score (nSPS) is 10.8. The first kappa shape index (κ1) is 47.1. The van der Waals surface area contributed by atoms with Crippen LogP contribution in [-0.4, -0.2) is 23.4 Å². The van der Waals surface area contributed by atoms with Crippen molar-refractivity contribution in [2.75, 3.05) is 0 Å². The Morgan fingerprint density at radius 2 is 0.910 bits per heavy atom. The zero-order valence-electron chi connectivity index (χ0n) is 36.2. The van der Waals surface area contributed by atoms with E-state index < -0.39 is 34.1 Å². The van der Waals surface area contributed by atoms with Gasteiger partial charge in [-0.05, 0) is 61.9 Å². The van der Waals surface area contributed by atoms with Crippen LogP contribution in [0, 0.1) is 25.5 Å². The Balaban J connectivity index is 0.000000199. The molecule has 0 aliphatic carbocycles. The molecular formula is C50H40Cl2F2N4O9. The fourth-order valence-electron chi connectivity index (χ4n) is 6.52. The van der Waals surface area contributed by atoms with E-state index in [1.54, 1.807) is 86.6 Å². The Kier molecular flexibility index (Phi) is 14.4.